The van der Waals surface area contributed by atoms with Gasteiger partial charge in [-0.25, -0.2) is 4.39 Å². The van der Waals surface area contributed by atoms with E-state index in [2.05, 4.69) is 9.08 Å². The monoisotopic (exact) mass is 437 g/mol. The van der Waals surface area contributed by atoms with E-state index in [0.29, 0.717) is 12.1 Å². The largest absolute Gasteiger partial charge is 0.534 e. The first-order valence-electron chi connectivity index (χ1n) is 9.90. The summed E-state index contributed by atoms with van der Waals surface area (Å²) in [5, 5.41) is 0. The van der Waals surface area contributed by atoms with Crippen LogP contribution in [0.1, 0.15) is 50.5 Å². The Kier molecular flexibility index (Phi) is 5.43. The van der Waals surface area contributed by atoms with Crippen LogP contribution in [0.5, 0.6) is 11.5 Å². The number of hydrogen-bond donors (Lipinski definition) is 0. The van der Waals surface area contributed by atoms with Crippen molar-refractivity contribution >= 4 is 10.1 Å². The maximum Gasteiger partial charge on any atom is 0.534 e. The van der Waals surface area contributed by atoms with Gasteiger partial charge < -0.3 is 8.92 Å². The van der Waals surface area contributed by atoms with Gasteiger partial charge in [-0.05, 0) is 44.2 Å². The van der Waals surface area contributed by atoms with Crippen LogP contribution >= 0.6 is 0 Å². The van der Waals surface area contributed by atoms with Gasteiger partial charge in [-0.2, -0.15) is 21.6 Å². The van der Waals surface area contributed by atoms with E-state index >= 15 is 0 Å². The molecule has 1 aliphatic heterocycles. The Labute approximate surface area is 167 Å². The smallest absolute Gasteiger partial charge is 0.488 e. The predicted octanol–water partition coefficient (Wildman–Crippen LogP) is 4.15. The number of halogens is 4. The molecule has 0 aromatic heterocycles. The third-order valence-corrected chi connectivity index (χ3v) is 7.14. The fourth-order valence-corrected chi connectivity index (χ4v) is 5.11. The SMILES string of the molecule is O=S(=O)(Oc1ccc(F)c2c1CC(N(C1CCCC1)C1CCC1)CO2)C(F)(F)F. The summed E-state index contributed by atoms with van der Waals surface area (Å²) in [6.45, 7) is 0.215. The van der Waals surface area contributed by atoms with E-state index < -0.39 is 27.2 Å². The number of rotatable bonds is 5. The highest BCUT2D eigenvalue weighted by atomic mass is 32.2. The van der Waals surface area contributed by atoms with Crippen LogP contribution in [0.3, 0.4) is 0 Å². The Balaban J connectivity index is 1.64. The normalized spacial score (nSPS) is 23.6. The van der Waals surface area contributed by atoms with Crippen LogP contribution in [0.2, 0.25) is 0 Å². The zero-order valence-electron chi connectivity index (χ0n) is 15.8. The van der Waals surface area contributed by atoms with Gasteiger partial charge in [-0.1, -0.05) is 19.3 Å². The number of benzene rings is 1. The molecule has 3 aliphatic rings. The minimum atomic E-state index is -5.85. The quantitative estimate of drug-likeness (QED) is 0.394. The molecule has 0 saturated heterocycles. The highest BCUT2D eigenvalue weighted by molar-refractivity contribution is 7.88. The minimum absolute atomic E-state index is 0.0383. The minimum Gasteiger partial charge on any atom is -0.488 e. The first-order valence-corrected chi connectivity index (χ1v) is 11.3. The van der Waals surface area contributed by atoms with Crippen LogP contribution in [0.4, 0.5) is 17.6 Å². The lowest BCUT2D eigenvalue weighted by Crippen LogP contribution is -2.55. The number of hydrogen-bond acceptors (Lipinski definition) is 5. The highest BCUT2D eigenvalue weighted by Crippen LogP contribution is 2.42. The molecular weight excluding hydrogens is 414 g/mol. The van der Waals surface area contributed by atoms with Gasteiger partial charge in [0.2, 0.25) is 0 Å². The van der Waals surface area contributed by atoms with Crippen LogP contribution in [0.15, 0.2) is 12.1 Å². The third-order valence-electron chi connectivity index (χ3n) is 6.18. The van der Waals surface area contributed by atoms with Crippen molar-refractivity contribution in [1.29, 1.82) is 0 Å². The molecule has 2 saturated carbocycles. The molecule has 0 N–H and O–H groups in total. The maximum atomic E-state index is 14.2. The summed E-state index contributed by atoms with van der Waals surface area (Å²) < 4.78 is 85.5. The van der Waals surface area contributed by atoms with Gasteiger partial charge in [0.05, 0.1) is 0 Å². The molecule has 4 rings (SSSR count). The molecule has 1 heterocycles. The molecule has 1 aromatic rings. The van der Waals surface area contributed by atoms with Crippen LogP contribution in [-0.2, 0) is 16.5 Å². The average molecular weight is 437 g/mol. The van der Waals surface area contributed by atoms with E-state index in [1.54, 1.807) is 0 Å². The first kappa shape index (κ1) is 20.7. The summed E-state index contributed by atoms with van der Waals surface area (Å²) in [4.78, 5) is 2.38. The van der Waals surface area contributed by atoms with E-state index in [9.17, 15) is 26.0 Å². The number of alkyl halides is 3. The molecule has 29 heavy (non-hydrogen) atoms. The summed E-state index contributed by atoms with van der Waals surface area (Å²) in [5.74, 6) is -1.49. The predicted molar refractivity (Wildman–Crippen MR) is 96.7 cm³/mol. The Morgan fingerprint density at radius 3 is 2.17 bits per heavy atom. The van der Waals surface area contributed by atoms with E-state index in [1.807, 2.05) is 0 Å². The van der Waals surface area contributed by atoms with Crippen molar-refractivity contribution < 1.29 is 34.9 Å². The lowest BCUT2D eigenvalue weighted by Gasteiger charge is -2.47. The summed E-state index contributed by atoms with van der Waals surface area (Å²) in [6.07, 6.45) is 7.77. The summed E-state index contributed by atoms with van der Waals surface area (Å²) in [7, 11) is -5.85. The first-order chi connectivity index (χ1) is 13.7. The molecule has 1 unspecified atom stereocenters. The Morgan fingerprint density at radius 1 is 1.00 bits per heavy atom. The van der Waals surface area contributed by atoms with E-state index in [4.69, 9.17) is 4.74 Å². The summed E-state index contributed by atoms with van der Waals surface area (Å²) in [5.41, 5.74) is -5.53. The van der Waals surface area contributed by atoms with Crippen molar-refractivity contribution in [3.8, 4) is 11.5 Å². The molecule has 0 spiro atoms. The van der Waals surface area contributed by atoms with Crippen molar-refractivity contribution in [3.05, 3.63) is 23.5 Å². The highest BCUT2D eigenvalue weighted by Gasteiger charge is 2.49. The molecule has 2 fully saturated rings. The molecule has 0 bridgehead atoms. The van der Waals surface area contributed by atoms with Crippen LogP contribution in [-0.4, -0.2) is 43.6 Å². The molecule has 162 valence electrons. The van der Waals surface area contributed by atoms with Gasteiger partial charge >= 0.3 is 15.6 Å². The van der Waals surface area contributed by atoms with Gasteiger partial charge in [-0.3, -0.25) is 4.90 Å². The Hall–Kier alpha value is -1.55. The van der Waals surface area contributed by atoms with Crippen LogP contribution in [0, 0.1) is 5.82 Å². The van der Waals surface area contributed by atoms with Crippen molar-refractivity contribution in [1.82, 2.24) is 4.90 Å². The zero-order chi connectivity index (χ0) is 20.8. The van der Waals surface area contributed by atoms with Gasteiger partial charge in [0.25, 0.3) is 0 Å². The molecule has 2 aliphatic carbocycles. The van der Waals surface area contributed by atoms with E-state index in [1.165, 1.54) is 0 Å². The molecule has 5 nitrogen and oxygen atoms in total. The van der Waals surface area contributed by atoms with Crippen molar-refractivity contribution in [2.75, 3.05) is 6.61 Å². The number of nitrogens with zero attached hydrogens (tertiary/aromatic N) is 1. The fraction of sp³-hybridized carbons (Fsp3) is 0.684. The van der Waals surface area contributed by atoms with E-state index in [0.717, 1.165) is 57.1 Å². The summed E-state index contributed by atoms with van der Waals surface area (Å²) in [6, 6.07) is 2.37. The Morgan fingerprint density at radius 2 is 1.62 bits per heavy atom. The second-order valence-electron chi connectivity index (χ2n) is 7.98. The van der Waals surface area contributed by atoms with Gasteiger partial charge in [0.1, 0.15) is 12.4 Å². The standard InChI is InChI=1S/C19H23F4NO4S/c20-16-8-9-17(28-29(25,26)19(21,22)23)15-10-14(11-27-18(15)16)24(13-6-3-7-13)12-4-1-2-5-12/h8-9,12-14H,1-7,10-11H2. The van der Waals surface area contributed by atoms with Gasteiger partial charge in [0, 0.05) is 23.7 Å². The topological polar surface area (TPSA) is 55.8 Å². The molecule has 10 heteroatoms. The van der Waals surface area contributed by atoms with Crippen molar-refractivity contribution in [2.45, 2.75) is 75.0 Å². The average Bonchev–Trinajstić information content (AvgIpc) is 3.13. The van der Waals surface area contributed by atoms with Crippen LogP contribution in [0.25, 0.3) is 0 Å². The molecule has 1 atom stereocenters. The van der Waals surface area contributed by atoms with Crippen molar-refractivity contribution in [3.63, 3.8) is 0 Å². The fourth-order valence-electron chi connectivity index (χ4n) is 4.62. The maximum absolute atomic E-state index is 14.2. The second-order valence-corrected chi connectivity index (χ2v) is 9.51. The Bertz CT molecular complexity index is 864. The second kappa shape index (κ2) is 7.61. The van der Waals surface area contributed by atoms with E-state index in [-0.39, 0.29) is 30.4 Å². The third kappa shape index (κ3) is 3.93. The summed E-state index contributed by atoms with van der Waals surface area (Å²) >= 11 is 0. The van der Waals surface area contributed by atoms with Gasteiger partial charge in [0.15, 0.2) is 11.6 Å². The number of fused-ring (bicyclic) bond motifs is 1. The molecule has 0 radical (unpaired) electrons. The van der Waals surface area contributed by atoms with Crippen LogP contribution < -0.4 is 8.92 Å². The molecular formula is C19H23F4NO4S. The molecule has 0 amide bonds. The number of ether oxygens (including phenoxy) is 1. The van der Waals surface area contributed by atoms with Gasteiger partial charge in [-0.15, -0.1) is 0 Å². The lowest BCUT2D eigenvalue weighted by molar-refractivity contribution is -0.0500. The molecule has 1 aromatic carbocycles. The lowest BCUT2D eigenvalue weighted by atomic mass is 9.87. The zero-order valence-corrected chi connectivity index (χ0v) is 16.6. The van der Waals surface area contributed by atoms with Crippen molar-refractivity contribution in [2.24, 2.45) is 0 Å².